The van der Waals surface area contributed by atoms with Crippen LogP contribution in [0.4, 0.5) is 0 Å². The fraction of sp³-hybridized carbons (Fsp3) is 0.438. The van der Waals surface area contributed by atoms with Gasteiger partial charge in [0.15, 0.2) is 17.2 Å². The number of rotatable bonds is 19. The first-order valence-corrected chi connectivity index (χ1v) is 15.8. The molecule has 0 spiro atoms. The van der Waals surface area contributed by atoms with Crippen molar-refractivity contribution in [3.05, 3.63) is 71.3 Å². The second kappa shape index (κ2) is 18.2. The molecular weight excluding hydrogens is 636 g/mol. The van der Waals surface area contributed by atoms with Crippen LogP contribution in [0.1, 0.15) is 81.6 Å². The first kappa shape index (κ1) is 38.0. The van der Waals surface area contributed by atoms with Gasteiger partial charge in [-0.25, -0.2) is 9.97 Å². The number of carbonyl (C=O) groups is 6. The fourth-order valence-electron chi connectivity index (χ4n) is 4.80. The predicted molar refractivity (Wildman–Crippen MR) is 178 cm³/mol. The lowest BCUT2D eigenvalue weighted by Crippen LogP contribution is -2.49. The van der Waals surface area contributed by atoms with E-state index in [0.717, 1.165) is 11.9 Å². The second-order valence-electron chi connectivity index (χ2n) is 12.0. The van der Waals surface area contributed by atoms with Gasteiger partial charge in [-0.2, -0.15) is 0 Å². The number of hydrogen-bond acceptors (Lipinski definition) is 10. The quantitative estimate of drug-likeness (QED) is 0.0797. The first-order valence-electron chi connectivity index (χ1n) is 15.8. The second-order valence-corrected chi connectivity index (χ2v) is 12.0. The minimum absolute atomic E-state index is 0.107. The number of H-pyrrole nitrogens is 2. The van der Waals surface area contributed by atoms with Crippen molar-refractivity contribution in [2.75, 3.05) is 19.6 Å². The van der Waals surface area contributed by atoms with E-state index in [1.54, 1.807) is 6.92 Å². The van der Waals surface area contributed by atoms with Crippen LogP contribution in [0.15, 0.2) is 43.0 Å². The Hall–Kier alpha value is -5.42. The van der Waals surface area contributed by atoms with Gasteiger partial charge in [0.2, 0.25) is 0 Å². The Morgan fingerprint density at radius 2 is 1.37 bits per heavy atom. The fourth-order valence-corrected chi connectivity index (χ4v) is 4.80. The summed E-state index contributed by atoms with van der Waals surface area (Å²) in [6, 6.07) is 6.08. The third kappa shape index (κ3) is 11.4. The van der Waals surface area contributed by atoms with Gasteiger partial charge in [-0.05, 0) is 38.2 Å². The summed E-state index contributed by atoms with van der Waals surface area (Å²) in [5.74, 6) is -4.21. The molecule has 17 heteroatoms. The van der Waals surface area contributed by atoms with Crippen molar-refractivity contribution in [2.24, 2.45) is 11.7 Å². The zero-order chi connectivity index (χ0) is 36.1. The molecule has 4 atom stereocenters. The van der Waals surface area contributed by atoms with Crippen LogP contribution >= 0.6 is 0 Å². The Morgan fingerprint density at radius 1 is 0.796 bits per heavy atom. The number of carbonyl (C=O) groups excluding carboxylic acids is 5. The molecule has 4 amide bonds. The number of aromatic amines is 2. The Kier molecular flexibility index (Phi) is 14.1. The van der Waals surface area contributed by atoms with Crippen molar-refractivity contribution in [1.82, 2.24) is 46.5 Å². The summed E-state index contributed by atoms with van der Waals surface area (Å²) in [7, 11) is 0. The molecule has 264 valence electrons. The van der Waals surface area contributed by atoms with Gasteiger partial charge in [-0.1, -0.05) is 44.2 Å². The number of nitrogens with two attached hydrogens (primary N) is 1. The van der Waals surface area contributed by atoms with Crippen molar-refractivity contribution in [1.29, 1.82) is 0 Å². The van der Waals surface area contributed by atoms with Crippen LogP contribution in [0.2, 0.25) is 0 Å². The standard InChI is InChI=1S/C32H44N10O7/c1-17(2)10-21(41-30(46)26-25(36-16-37-26)29(45)40-19(4)32(48)49)13-34-14-23(43)22(11-20-8-6-5-7-9-20)42-31(47)27-24(35-15-38-27)28(44)39-18(3)12-33/h5-9,15-19,21-22,34H,10-14,33H2,1-4H3,(H,35,38)(H,36,37)(H,39,44)(H,40,45)(H,41,46)(H,42,47)(H,48,49)/t18-,19-,21-,22-/m0/s1. The van der Waals surface area contributed by atoms with E-state index in [1.165, 1.54) is 13.3 Å². The highest BCUT2D eigenvalue weighted by Gasteiger charge is 2.28. The molecule has 0 saturated carbocycles. The van der Waals surface area contributed by atoms with Crippen molar-refractivity contribution in [3.8, 4) is 0 Å². The lowest BCUT2D eigenvalue weighted by Gasteiger charge is -2.22. The Bertz CT molecular complexity index is 1600. The number of aromatic nitrogens is 4. The van der Waals surface area contributed by atoms with E-state index in [0.29, 0.717) is 6.42 Å². The molecule has 17 nitrogen and oxygen atoms in total. The Labute approximate surface area is 283 Å². The molecule has 2 aromatic heterocycles. The molecular formula is C32H44N10O7. The number of aliphatic carboxylic acids is 1. The van der Waals surface area contributed by atoms with Crippen LogP contribution in [-0.4, -0.2) is 104 Å². The van der Waals surface area contributed by atoms with Gasteiger partial charge in [0.05, 0.1) is 25.2 Å². The van der Waals surface area contributed by atoms with E-state index < -0.39 is 47.7 Å². The zero-order valence-corrected chi connectivity index (χ0v) is 27.8. The maximum absolute atomic E-state index is 13.5. The van der Waals surface area contributed by atoms with Crippen LogP contribution in [0.25, 0.3) is 0 Å². The van der Waals surface area contributed by atoms with Crippen LogP contribution in [0.3, 0.4) is 0 Å². The normalized spacial score (nSPS) is 13.5. The molecule has 0 unspecified atom stereocenters. The largest absolute Gasteiger partial charge is 0.480 e. The topological polar surface area (TPSA) is 266 Å². The van der Waals surface area contributed by atoms with Crippen LogP contribution in [0.5, 0.6) is 0 Å². The van der Waals surface area contributed by atoms with Gasteiger partial charge in [0.25, 0.3) is 23.6 Å². The minimum Gasteiger partial charge on any atom is -0.480 e. The lowest BCUT2D eigenvalue weighted by molar-refractivity contribution is -0.138. The minimum atomic E-state index is -1.24. The molecule has 0 bridgehead atoms. The van der Waals surface area contributed by atoms with Crippen molar-refractivity contribution in [2.45, 2.75) is 64.7 Å². The number of ketones is 1. The maximum Gasteiger partial charge on any atom is 0.325 e. The molecule has 2 heterocycles. The van der Waals surface area contributed by atoms with Crippen molar-refractivity contribution < 1.29 is 33.9 Å². The van der Waals surface area contributed by atoms with Gasteiger partial charge >= 0.3 is 5.97 Å². The number of imidazole rings is 2. The van der Waals surface area contributed by atoms with Gasteiger partial charge < -0.3 is 47.4 Å². The molecule has 10 N–H and O–H groups in total. The summed E-state index contributed by atoms with van der Waals surface area (Å²) >= 11 is 0. The van der Waals surface area contributed by atoms with E-state index >= 15 is 0 Å². The van der Waals surface area contributed by atoms with E-state index in [1.807, 2.05) is 44.2 Å². The number of nitrogens with one attached hydrogen (secondary N) is 7. The van der Waals surface area contributed by atoms with Crippen molar-refractivity contribution in [3.63, 3.8) is 0 Å². The number of hydrogen-bond donors (Lipinski definition) is 9. The van der Waals surface area contributed by atoms with E-state index in [-0.39, 0.29) is 66.6 Å². The number of carboxylic acids is 1. The summed E-state index contributed by atoms with van der Waals surface area (Å²) in [6.07, 6.45) is 3.05. The highest BCUT2D eigenvalue weighted by atomic mass is 16.4. The van der Waals surface area contributed by atoms with E-state index in [2.05, 4.69) is 46.5 Å². The smallest absolute Gasteiger partial charge is 0.325 e. The van der Waals surface area contributed by atoms with Gasteiger partial charge in [0.1, 0.15) is 17.4 Å². The molecule has 0 aliphatic heterocycles. The van der Waals surface area contributed by atoms with Gasteiger partial charge in [-0.15, -0.1) is 0 Å². The molecule has 1 aromatic carbocycles. The number of benzene rings is 1. The average molecular weight is 681 g/mol. The third-order valence-corrected chi connectivity index (χ3v) is 7.37. The lowest BCUT2D eigenvalue weighted by atomic mass is 10.0. The highest BCUT2D eigenvalue weighted by molar-refractivity contribution is 6.06. The van der Waals surface area contributed by atoms with Gasteiger partial charge in [-0.3, -0.25) is 28.8 Å². The summed E-state index contributed by atoms with van der Waals surface area (Å²) in [4.78, 5) is 89.6. The first-order chi connectivity index (χ1) is 23.3. The van der Waals surface area contributed by atoms with Gasteiger partial charge in [0, 0.05) is 25.2 Å². The molecule has 0 aliphatic carbocycles. The summed E-state index contributed by atoms with van der Waals surface area (Å²) < 4.78 is 0. The number of amides is 4. The summed E-state index contributed by atoms with van der Waals surface area (Å²) in [5, 5.41) is 22.7. The molecule has 0 saturated heterocycles. The Morgan fingerprint density at radius 3 is 1.92 bits per heavy atom. The van der Waals surface area contributed by atoms with Crippen LogP contribution in [-0.2, 0) is 16.0 Å². The number of carboxylic acid groups (broad SMARTS) is 1. The Balaban J connectivity index is 1.69. The molecule has 49 heavy (non-hydrogen) atoms. The summed E-state index contributed by atoms with van der Waals surface area (Å²) in [6.45, 7) is 7.09. The van der Waals surface area contributed by atoms with Crippen LogP contribution < -0.4 is 32.3 Å². The molecule has 0 radical (unpaired) electrons. The van der Waals surface area contributed by atoms with Crippen LogP contribution in [0, 0.1) is 5.92 Å². The monoisotopic (exact) mass is 680 g/mol. The molecule has 0 aliphatic rings. The van der Waals surface area contributed by atoms with E-state index in [4.69, 9.17) is 10.8 Å². The summed E-state index contributed by atoms with van der Waals surface area (Å²) in [5.41, 5.74) is 5.74. The maximum atomic E-state index is 13.5. The van der Waals surface area contributed by atoms with E-state index in [9.17, 15) is 28.8 Å². The molecule has 3 aromatic rings. The highest BCUT2D eigenvalue weighted by Crippen LogP contribution is 2.10. The third-order valence-electron chi connectivity index (χ3n) is 7.37. The average Bonchev–Trinajstić information content (AvgIpc) is 3.75. The number of nitrogens with zero attached hydrogens (tertiary/aromatic N) is 2. The SMILES string of the molecule is CC(C)C[C@@H](CNCC(=O)[C@H](Cc1ccccc1)NC(=O)c1[nH]cnc1C(=O)N[C@@H](C)CN)NC(=O)c1nc[nH]c1C(=O)N[C@@H](C)C(=O)O. The zero-order valence-electron chi connectivity index (χ0n) is 27.8. The molecule has 3 rings (SSSR count). The number of Topliss-reactive ketones (excluding diaryl/α,β-unsaturated/α-hetero) is 1. The predicted octanol–water partition coefficient (Wildman–Crippen LogP) is -0.243. The van der Waals surface area contributed by atoms with Crippen molar-refractivity contribution >= 4 is 35.4 Å². The molecule has 0 fully saturated rings.